The standard InChI is InChI=1S/C14H22FNO/c1-11(2)10-16-9-8-12(3)17-14-7-5-4-6-13(14)15/h4-7,11-12,16H,8-10H2,1-3H3. The predicted molar refractivity (Wildman–Crippen MR) is 68.8 cm³/mol. The summed E-state index contributed by atoms with van der Waals surface area (Å²) in [4.78, 5) is 0. The number of hydrogen-bond donors (Lipinski definition) is 1. The lowest BCUT2D eigenvalue weighted by Crippen LogP contribution is -2.25. The number of nitrogens with one attached hydrogen (secondary N) is 1. The van der Waals surface area contributed by atoms with E-state index < -0.39 is 0 Å². The molecule has 1 rings (SSSR count). The molecule has 0 radical (unpaired) electrons. The predicted octanol–water partition coefficient (Wildman–Crippen LogP) is 3.23. The smallest absolute Gasteiger partial charge is 0.165 e. The van der Waals surface area contributed by atoms with Gasteiger partial charge < -0.3 is 10.1 Å². The van der Waals surface area contributed by atoms with Gasteiger partial charge in [-0.05, 0) is 44.5 Å². The molecule has 0 aliphatic carbocycles. The van der Waals surface area contributed by atoms with E-state index >= 15 is 0 Å². The van der Waals surface area contributed by atoms with Gasteiger partial charge in [0.1, 0.15) is 0 Å². The van der Waals surface area contributed by atoms with Crippen LogP contribution in [0.4, 0.5) is 4.39 Å². The lowest BCUT2D eigenvalue weighted by Gasteiger charge is -2.16. The van der Waals surface area contributed by atoms with E-state index in [2.05, 4.69) is 19.2 Å². The Morgan fingerprint density at radius 3 is 2.59 bits per heavy atom. The zero-order chi connectivity index (χ0) is 12.7. The van der Waals surface area contributed by atoms with Crippen LogP contribution in [0.15, 0.2) is 24.3 Å². The first-order chi connectivity index (χ1) is 8.09. The monoisotopic (exact) mass is 239 g/mol. The van der Waals surface area contributed by atoms with E-state index in [4.69, 9.17) is 4.74 Å². The van der Waals surface area contributed by atoms with E-state index in [9.17, 15) is 4.39 Å². The molecule has 96 valence electrons. The zero-order valence-corrected chi connectivity index (χ0v) is 10.9. The summed E-state index contributed by atoms with van der Waals surface area (Å²) < 4.78 is 18.8. The van der Waals surface area contributed by atoms with E-state index in [1.807, 2.05) is 6.92 Å². The zero-order valence-electron chi connectivity index (χ0n) is 10.9. The molecular weight excluding hydrogens is 217 g/mol. The van der Waals surface area contributed by atoms with E-state index in [-0.39, 0.29) is 11.9 Å². The second-order valence-electron chi connectivity index (χ2n) is 4.75. The van der Waals surface area contributed by atoms with Crippen LogP contribution in [-0.4, -0.2) is 19.2 Å². The third-order valence-electron chi connectivity index (χ3n) is 2.45. The van der Waals surface area contributed by atoms with Gasteiger partial charge in [0.15, 0.2) is 11.6 Å². The SMILES string of the molecule is CC(C)CNCCC(C)Oc1ccccc1F. The summed E-state index contributed by atoms with van der Waals surface area (Å²) in [7, 11) is 0. The van der Waals surface area contributed by atoms with Gasteiger partial charge >= 0.3 is 0 Å². The molecule has 0 bridgehead atoms. The Morgan fingerprint density at radius 1 is 1.24 bits per heavy atom. The van der Waals surface area contributed by atoms with Crippen molar-refractivity contribution in [1.29, 1.82) is 0 Å². The van der Waals surface area contributed by atoms with Gasteiger partial charge in [-0.1, -0.05) is 26.0 Å². The summed E-state index contributed by atoms with van der Waals surface area (Å²) in [5.74, 6) is 0.691. The maximum absolute atomic E-state index is 13.3. The van der Waals surface area contributed by atoms with Gasteiger partial charge in [0, 0.05) is 0 Å². The Hall–Kier alpha value is -1.09. The molecule has 0 aromatic heterocycles. The highest BCUT2D eigenvalue weighted by Gasteiger charge is 2.07. The van der Waals surface area contributed by atoms with E-state index in [0.717, 1.165) is 19.5 Å². The van der Waals surface area contributed by atoms with Crippen LogP contribution in [0.1, 0.15) is 27.2 Å². The molecule has 0 aliphatic rings. The van der Waals surface area contributed by atoms with Gasteiger partial charge in [0.05, 0.1) is 6.10 Å². The molecular formula is C14H22FNO. The number of para-hydroxylation sites is 1. The molecule has 1 unspecified atom stereocenters. The van der Waals surface area contributed by atoms with Gasteiger partial charge in [0.25, 0.3) is 0 Å². The third kappa shape index (κ3) is 5.68. The Kier molecular flexibility index (Phi) is 5.98. The number of rotatable bonds is 7. The molecule has 1 atom stereocenters. The third-order valence-corrected chi connectivity index (χ3v) is 2.45. The molecule has 1 aromatic carbocycles. The van der Waals surface area contributed by atoms with Crippen molar-refractivity contribution >= 4 is 0 Å². The summed E-state index contributed by atoms with van der Waals surface area (Å²) in [6.07, 6.45) is 0.896. The van der Waals surface area contributed by atoms with Crippen LogP contribution in [0.2, 0.25) is 0 Å². The van der Waals surface area contributed by atoms with Crippen LogP contribution in [0.3, 0.4) is 0 Å². The molecule has 0 saturated heterocycles. The molecule has 0 aliphatic heterocycles. The fraction of sp³-hybridized carbons (Fsp3) is 0.571. The van der Waals surface area contributed by atoms with Crippen molar-refractivity contribution in [2.24, 2.45) is 5.92 Å². The van der Waals surface area contributed by atoms with Crippen LogP contribution in [-0.2, 0) is 0 Å². The maximum Gasteiger partial charge on any atom is 0.165 e. The van der Waals surface area contributed by atoms with Gasteiger partial charge in [-0.15, -0.1) is 0 Å². The molecule has 17 heavy (non-hydrogen) atoms. The first kappa shape index (κ1) is 14.0. The normalized spacial score (nSPS) is 12.8. The number of benzene rings is 1. The highest BCUT2D eigenvalue weighted by atomic mass is 19.1. The van der Waals surface area contributed by atoms with Crippen LogP contribution >= 0.6 is 0 Å². The Bertz CT molecular complexity index is 328. The largest absolute Gasteiger partial charge is 0.488 e. The second-order valence-corrected chi connectivity index (χ2v) is 4.75. The van der Waals surface area contributed by atoms with Gasteiger partial charge in [-0.2, -0.15) is 0 Å². The van der Waals surface area contributed by atoms with Crippen molar-refractivity contribution in [1.82, 2.24) is 5.32 Å². The van der Waals surface area contributed by atoms with Gasteiger partial charge in [-0.3, -0.25) is 0 Å². The van der Waals surface area contributed by atoms with E-state index in [1.54, 1.807) is 18.2 Å². The summed E-state index contributed by atoms with van der Waals surface area (Å²) in [5.41, 5.74) is 0. The molecule has 0 fully saturated rings. The van der Waals surface area contributed by atoms with Crippen molar-refractivity contribution in [3.8, 4) is 5.75 Å². The van der Waals surface area contributed by atoms with Crippen molar-refractivity contribution < 1.29 is 9.13 Å². The lowest BCUT2D eigenvalue weighted by molar-refractivity contribution is 0.200. The van der Waals surface area contributed by atoms with Gasteiger partial charge in [-0.25, -0.2) is 4.39 Å². The minimum atomic E-state index is -0.297. The quantitative estimate of drug-likeness (QED) is 0.738. The first-order valence-corrected chi connectivity index (χ1v) is 6.21. The fourth-order valence-corrected chi connectivity index (χ4v) is 1.51. The van der Waals surface area contributed by atoms with Crippen LogP contribution in [0.5, 0.6) is 5.75 Å². The molecule has 0 amide bonds. The number of halogens is 1. The van der Waals surface area contributed by atoms with Crippen LogP contribution in [0.25, 0.3) is 0 Å². The molecule has 2 nitrogen and oxygen atoms in total. The average molecular weight is 239 g/mol. The first-order valence-electron chi connectivity index (χ1n) is 6.21. The highest BCUT2D eigenvalue weighted by molar-refractivity contribution is 5.23. The molecule has 0 spiro atoms. The number of hydrogen-bond acceptors (Lipinski definition) is 2. The molecule has 1 N–H and O–H groups in total. The van der Waals surface area contributed by atoms with Crippen LogP contribution in [0, 0.1) is 11.7 Å². The highest BCUT2D eigenvalue weighted by Crippen LogP contribution is 2.17. The average Bonchev–Trinajstić information content (AvgIpc) is 2.27. The lowest BCUT2D eigenvalue weighted by atomic mass is 10.2. The Balaban J connectivity index is 2.25. The summed E-state index contributed by atoms with van der Waals surface area (Å²) in [6.45, 7) is 8.21. The van der Waals surface area contributed by atoms with Crippen LogP contribution < -0.4 is 10.1 Å². The summed E-state index contributed by atoms with van der Waals surface area (Å²) in [6, 6.07) is 6.52. The molecule has 1 aromatic rings. The minimum Gasteiger partial charge on any atom is -0.488 e. The van der Waals surface area contributed by atoms with E-state index in [0.29, 0.717) is 11.7 Å². The Morgan fingerprint density at radius 2 is 1.94 bits per heavy atom. The molecule has 0 saturated carbocycles. The summed E-state index contributed by atoms with van der Waals surface area (Å²) >= 11 is 0. The molecule has 0 heterocycles. The minimum absolute atomic E-state index is 0.0200. The van der Waals surface area contributed by atoms with Crippen molar-refractivity contribution in [3.05, 3.63) is 30.1 Å². The maximum atomic E-state index is 13.3. The van der Waals surface area contributed by atoms with Crippen molar-refractivity contribution in [2.75, 3.05) is 13.1 Å². The van der Waals surface area contributed by atoms with Gasteiger partial charge in [0.2, 0.25) is 0 Å². The summed E-state index contributed by atoms with van der Waals surface area (Å²) in [5, 5.41) is 3.34. The number of ether oxygens (including phenoxy) is 1. The van der Waals surface area contributed by atoms with Crippen molar-refractivity contribution in [3.63, 3.8) is 0 Å². The second kappa shape index (κ2) is 7.28. The van der Waals surface area contributed by atoms with Crippen molar-refractivity contribution in [2.45, 2.75) is 33.3 Å². The fourth-order valence-electron chi connectivity index (χ4n) is 1.51. The Labute approximate surface area is 103 Å². The van der Waals surface area contributed by atoms with E-state index in [1.165, 1.54) is 6.07 Å². The topological polar surface area (TPSA) is 21.3 Å². The molecule has 3 heteroatoms.